The number of fused-ring (bicyclic) bond motifs is 1. The Labute approximate surface area is 130 Å². The summed E-state index contributed by atoms with van der Waals surface area (Å²) in [6.07, 6.45) is 1.58. The van der Waals surface area contributed by atoms with Crippen molar-refractivity contribution in [3.05, 3.63) is 46.6 Å². The minimum Gasteiger partial charge on any atom is -0.505 e. The lowest BCUT2D eigenvalue weighted by Gasteiger charge is -2.20. The molecule has 0 radical (unpaired) electrons. The number of thiazole rings is 1. The molecule has 1 aliphatic heterocycles. The number of carbonyl (C=O) groups is 1. The van der Waals surface area contributed by atoms with Gasteiger partial charge in [0.1, 0.15) is 0 Å². The Balaban J connectivity index is 2.02. The first-order valence-corrected chi connectivity index (χ1v) is 8.48. The molecule has 0 bridgehead atoms. The molecule has 1 aromatic heterocycles. The number of carbonyl (C=O) groups excluding carboxylic acids is 1. The number of aromatic nitrogens is 1. The topological polar surface area (TPSA) is 108 Å². The van der Waals surface area contributed by atoms with Gasteiger partial charge < -0.3 is 5.11 Å². The monoisotopic (exact) mass is 337 g/mol. The fourth-order valence-electron chi connectivity index (χ4n) is 1.99. The molecule has 0 atom stereocenters. The van der Waals surface area contributed by atoms with Gasteiger partial charge in [0, 0.05) is 16.6 Å². The van der Waals surface area contributed by atoms with Crippen LogP contribution in [-0.4, -0.2) is 24.4 Å². The second-order valence-electron chi connectivity index (χ2n) is 4.56. The minimum atomic E-state index is -3.90. The van der Waals surface area contributed by atoms with Gasteiger partial charge in [0.05, 0.1) is 4.90 Å². The van der Waals surface area contributed by atoms with Crippen LogP contribution in [-0.2, 0) is 14.8 Å². The number of amides is 1. The summed E-state index contributed by atoms with van der Waals surface area (Å²) < 4.78 is 26.4. The van der Waals surface area contributed by atoms with E-state index in [1.54, 1.807) is 12.3 Å². The molecule has 3 rings (SSSR count). The van der Waals surface area contributed by atoms with Crippen molar-refractivity contribution in [2.75, 3.05) is 5.32 Å². The zero-order valence-electron chi connectivity index (χ0n) is 11.3. The van der Waals surface area contributed by atoms with Gasteiger partial charge in [-0.15, -0.1) is 11.3 Å². The van der Waals surface area contributed by atoms with E-state index in [9.17, 15) is 18.3 Å². The molecule has 0 fully saturated rings. The van der Waals surface area contributed by atoms with Crippen LogP contribution in [0.2, 0.25) is 0 Å². The molecule has 3 N–H and O–H groups in total. The predicted molar refractivity (Wildman–Crippen MR) is 81.8 cm³/mol. The summed E-state index contributed by atoms with van der Waals surface area (Å²) >= 11 is 1.24. The van der Waals surface area contributed by atoms with Gasteiger partial charge in [-0.25, -0.2) is 13.4 Å². The van der Waals surface area contributed by atoms with E-state index in [1.165, 1.54) is 29.5 Å². The summed E-state index contributed by atoms with van der Waals surface area (Å²) in [5.41, 5.74) is -0.340. The third-order valence-electron chi connectivity index (χ3n) is 2.97. The van der Waals surface area contributed by atoms with Crippen molar-refractivity contribution in [1.29, 1.82) is 0 Å². The third kappa shape index (κ3) is 2.44. The van der Waals surface area contributed by atoms with E-state index in [0.29, 0.717) is 5.13 Å². The molecule has 0 spiro atoms. The summed E-state index contributed by atoms with van der Waals surface area (Å²) in [7, 11) is -3.90. The van der Waals surface area contributed by atoms with Gasteiger partial charge in [-0.05, 0) is 19.1 Å². The molecule has 2 heterocycles. The van der Waals surface area contributed by atoms with E-state index in [0.717, 1.165) is 4.88 Å². The zero-order chi connectivity index (χ0) is 15.9. The number of aryl methyl sites for hydroxylation is 1. The molecular formula is C13H11N3O4S2. The van der Waals surface area contributed by atoms with Gasteiger partial charge in [0.2, 0.25) is 0 Å². The number of aliphatic hydroxyl groups is 1. The van der Waals surface area contributed by atoms with Crippen LogP contribution in [0.4, 0.5) is 5.13 Å². The molecule has 0 saturated heterocycles. The molecule has 0 unspecified atom stereocenters. The summed E-state index contributed by atoms with van der Waals surface area (Å²) in [4.78, 5) is 17.0. The number of benzene rings is 1. The number of aliphatic hydroxyl groups excluding tert-OH is 1. The molecule has 2 aromatic rings. The van der Waals surface area contributed by atoms with Crippen molar-refractivity contribution in [1.82, 2.24) is 9.71 Å². The van der Waals surface area contributed by atoms with Crippen molar-refractivity contribution < 1.29 is 18.3 Å². The average molecular weight is 337 g/mol. The standard InChI is InChI=1S/C13H11N3O4S2/c1-7-6-14-13(21-7)15-12(18)10-11(17)8-4-2-3-5-9(8)22(19,20)16-10/h2-6,16-17H,1H3,(H,14,15,18). The van der Waals surface area contributed by atoms with Crippen molar-refractivity contribution in [3.8, 4) is 0 Å². The highest BCUT2D eigenvalue weighted by Crippen LogP contribution is 2.29. The largest absolute Gasteiger partial charge is 0.505 e. The molecule has 9 heteroatoms. The Kier molecular flexibility index (Phi) is 3.38. The van der Waals surface area contributed by atoms with Gasteiger partial charge in [0.15, 0.2) is 16.6 Å². The number of rotatable bonds is 2. The lowest BCUT2D eigenvalue weighted by molar-refractivity contribution is -0.113. The Morgan fingerprint density at radius 3 is 2.77 bits per heavy atom. The van der Waals surface area contributed by atoms with E-state index >= 15 is 0 Å². The van der Waals surface area contributed by atoms with Gasteiger partial charge >= 0.3 is 0 Å². The van der Waals surface area contributed by atoms with E-state index < -0.39 is 27.4 Å². The van der Waals surface area contributed by atoms with Crippen molar-refractivity contribution >= 4 is 38.2 Å². The van der Waals surface area contributed by atoms with Gasteiger partial charge in [0.25, 0.3) is 15.9 Å². The summed E-state index contributed by atoms with van der Waals surface area (Å²) in [6, 6.07) is 5.90. The van der Waals surface area contributed by atoms with Crippen LogP contribution in [0.5, 0.6) is 0 Å². The fraction of sp³-hybridized carbons (Fsp3) is 0.0769. The van der Waals surface area contributed by atoms with Crippen molar-refractivity contribution in [2.45, 2.75) is 11.8 Å². The van der Waals surface area contributed by atoms with Crippen molar-refractivity contribution in [2.24, 2.45) is 0 Å². The SMILES string of the molecule is Cc1cnc(NC(=O)C2=C(O)c3ccccc3S(=O)(=O)N2)s1. The molecule has 22 heavy (non-hydrogen) atoms. The molecule has 0 aliphatic carbocycles. The molecule has 1 aromatic carbocycles. The first-order valence-electron chi connectivity index (χ1n) is 6.18. The Hall–Kier alpha value is -2.39. The van der Waals surface area contributed by atoms with Crippen LogP contribution in [0.3, 0.4) is 0 Å². The van der Waals surface area contributed by atoms with Crippen LogP contribution >= 0.6 is 11.3 Å². The molecular weight excluding hydrogens is 326 g/mol. The third-order valence-corrected chi connectivity index (χ3v) is 5.21. The number of hydrogen-bond donors (Lipinski definition) is 3. The first kappa shape index (κ1) is 14.5. The first-order chi connectivity index (χ1) is 10.4. The second-order valence-corrected chi connectivity index (χ2v) is 7.44. The Morgan fingerprint density at radius 2 is 2.09 bits per heavy atom. The average Bonchev–Trinajstić information content (AvgIpc) is 2.88. The summed E-state index contributed by atoms with van der Waals surface area (Å²) in [5, 5.41) is 13.0. The zero-order valence-corrected chi connectivity index (χ0v) is 13.0. The number of nitrogens with one attached hydrogen (secondary N) is 2. The van der Waals surface area contributed by atoms with E-state index in [2.05, 4.69) is 15.0 Å². The summed E-state index contributed by atoms with van der Waals surface area (Å²) in [5.74, 6) is -1.19. The molecule has 114 valence electrons. The lowest BCUT2D eigenvalue weighted by Crippen LogP contribution is -2.35. The number of nitrogens with zero attached hydrogens (tertiary/aromatic N) is 1. The van der Waals surface area contributed by atoms with E-state index in [1.807, 2.05) is 6.92 Å². The highest BCUT2D eigenvalue weighted by atomic mass is 32.2. The van der Waals surface area contributed by atoms with Gasteiger partial charge in [-0.2, -0.15) is 0 Å². The Bertz CT molecular complexity index is 900. The van der Waals surface area contributed by atoms with Crippen LogP contribution in [0.15, 0.2) is 41.1 Å². The quantitative estimate of drug-likeness (QED) is 0.771. The van der Waals surface area contributed by atoms with Crippen molar-refractivity contribution in [3.63, 3.8) is 0 Å². The maximum Gasteiger partial charge on any atom is 0.278 e. The second kappa shape index (κ2) is 5.11. The van der Waals surface area contributed by atoms with Gasteiger partial charge in [-0.1, -0.05) is 12.1 Å². The number of sulfonamides is 1. The fourth-order valence-corrected chi connectivity index (χ4v) is 3.93. The Morgan fingerprint density at radius 1 is 1.36 bits per heavy atom. The maximum absolute atomic E-state index is 12.2. The number of hydrogen-bond acceptors (Lipinski definition) is 6. The van der Waals surface area contributed by atoms with Gasteiger partial charge in [-0.3, -0.25) is 14.8 Å². The van der Waals surface area contributed by atoms with E-state index in [4.69, 9.17) is 0 Å². The summed E-state index contributed by atoms with van der Waals surface area (Å²) in [6.45, 7) is 1.82. The molecule has 7 nitrogen and oxygen atoms in total. The number of anilines is 1. The van der Waals surface area contributed by atoms with Crippen LogP contribution < -0.4 is 10.0 Å². The predicted octanol–water partition coefficient (Wildman–Crippen LogP) is 1.61. The van der Waals surface area contributed by atoms with E-state index in [-0.39, 0.29) is 10.5 Å². The normalized spacial score (nSPS) is 15.9. The van der Waals surface area contributed by atoms with Crippen LogP contribution in [0, 0.1) is 6.92 Å². The molecule has 0 saturated carbocycles. The molecule has 1 amide bonds. The smallest absolute Gasteiger partial charge is 0.278 e. The highest BCUT2D eigenvalue weighted by Gasteiger charge is 2.32. The lowest BCUT2D eigenvalue weighted by atomic mass is 10.1. The highest BCUT2D eigenvalue weighted by molar-refractivity contribution is 7.89. The van der Waals surface area contributed by atoms with Crippen LogP contribution in [0.1, 0.15) is 10.4 Å². The minimum absolute atomic E-state index is 0.0749. The maximum atomic E-state index is 12.2. The van der Waals surface area contributed by atoms with Crippen LogP contribution in [0.25, 0.3) is 5.76 Å². The molecule has 1 aliphatic rings.